The number of carbonyl (C=O) groups is 3. The highest BCUT2D eigenvalue weighted by molar-refractivity contribution is 5.96. The largest absolute Gasteiger partial charge is 0.386 e. The zero-order chi connectivity index (χ0) is 12.8. The molecule has 7 nitrogen and oxygen atoms in total. The first kappa shape index (κ1) is 12.7. The summed E-state index contributed by atoms with van der Waals surface area (Å²) in [7, 11) is 0. The number of carbonyl (C=O) groups excluding carboxylic acids is 3. The van der Waals surface area contributed by atoms with Crippen LogP contribution in [0, 0.1) is 0 Å². The van der Waals surface area contributed by atoms with Gasteiger partial charge in [0.2, 0.25) is 0 Å². The van der Waals surface area contributed by atoms with E-state index in [2.05, 4.69) is 4.84 Å². The summed E-state index contributed by atoms with van der Waals surface area (Å²) in [6.45, 7) is -0.995. The highest BCUT2D eigenvalue weighted by atomic mass is 16.7. The van der Waals surface area contributed by atoms with Crippen molar-refractivity contribution in [2.24, 2.45) is 5.73 Å². The second-order valence-corrected chi connectivity index (χ2v) is 2.93. The molecule has 7 heteroatoms. The molecule has 17 heavy (non-hydrogen) atoms. The molecule has 0 aliphatic heterocycles. The Bertz CT molecular complexity index is 432. The van der Waals surface area contributed by atoms with E-state index in [-0.39, 0.29) is 10.6 Å². The van der Waals surface area contributed by atoms with Gasteiger partial charge < -0.3 is 15.7 Å². The third-order valence-electron chi connectivity index (χ3n) is 1.75. The van der Waals surface area contributed by atoms with Crippen molar-refractivity contribution in [3.05, 3.63) is 35.9 Å². The molecular formula is C10H10N2O5. The van der Waals surface area contributed by atoms with Crippen LogP contribution in [0.1, 0.15) is 10.4 Å². The standard InChI is InChI=1S/C10H10N2O5/c11-10(16)12(8(14)6-13)17-9(15)7-4-2-1-3-5-7/h1-5,13H,6H2,(H2,11,16). The van der Waals surface area contributed by atoms with Crippen molar-refractivity contribution in [1.82, 2.24) is 5.06 Å². The monoisotopic (exact) mass is 238 g/mol. The molecule has 0 heterocycles. The molecule has 0 saturated heterocycles. The zero-order valence-electron chi connectivity index (χ0n) is 8.70. The van der Waals surface area contributed by atoms with Crippen LogP contribution < -0.4 is 5.73 Å². The van der Waals surface area contributed by atoms with Gasteiger partial charge in [0, 0.05) is 0 Å². The number of benzene rings is 1. The van der Waals surface area contributed by atoms with Gasteiger partial charge in [-0.15, -0.1) is 0 Å². The van der Waals surface area contributed by atoms with E-state index in [0.29, 0.717) is 0 Å². The highest BCUT2D eigenvalue weighted by Crippen LogP contribution is 2.03. The van der Waals surface area contributed by atoms with Crippen LogP contribution in [0.15, 0.2) is 30.3 Å². The fourth-order valence-corrected chi connectivity index (χ4v) is 0.993. The van der Waals surface area contributed by atoms with Crippen LogP contribution in [0.5, 0.6) is 0 Å². The number of hydroxylamine groups is 2. The van der Waals surface area contributed by atoms with Gasteiger partial charge in [0.15, 0.2) is 0 Å². The summed E-state index contributed by atoms with van der Waals surface area (Å²) in [5.41, 5.74) is 4.96. The van der Waals surface area contributed by atoms with Gasteiger partial charge in [0.25, 0.3) is 5.91 Å². The molecule has 0 saturated carbocycles. The smallest absolute Gasteiger partial charge is 0.363 e. The lowest BCUT2D eigenvalue weighted by atomic mass is 10.2. The van der Waals surface area contributed by atoms with E-state index >= 15 is 0 Å². The SMILES string of the molecule is NC(=O)N(OC(=O)c1ccccc1)C(=O)CO. The van der Waals surface area contributed by atoms with Gasteiger partial charge in [-0.2, -0.15) is 0 Å². The molecule has 90 valence electrons. The highest BCUT2D eigenvalue weighted by Gasteiger charge is 2.23. The summed E-state index contributed by atoms with van der Waals surface area (Å²) in [6.07, 6.45) is 0. The molecule has 0 unspecified atom stereocenters. The summed E-state index contributed by atoms with van der Waals surface area (Å²) in [6, 6.07) is 6.43. The Balaban J connectivity index is 2.78. The second kappa shape index (κ2) is 5.61. The van der Waals surface area contributed by atoms with Gasteiger partial charge in [-0.05, 0) is 12.1 Å². The number of imide groups is 1. The van der Waals surface area contributed by atoms with Crippen LogP contribution in [-0.4, -0.2) is 34.7 Å². The normalized spacial score (nSPS) is 9.47. The van der Waals surface area contributed by atoms with Gasteiger partial charge >= 0.3 is 12.0 Å². The van der Waals surface area contributed by atoms with Crippen LogP contribution in [0.3, 0.4) is 0 Å². The number of nitrogens with zero attached hydrogens (tertiary/aromatic N) is 1. The summed E-state index contributed by atoms with van der Waals surface area (Å²) >= 11 is 0. The Morgan fingerprint density at radius 1 is 1.24 bits per heavy atom. The Hall–Kier alpha value is -2.41. The van der Waals surface area contributed by atoms with Crippen LogP contribution >= 0.6 is 0 Å². The van der Waals surface area contributed by atoms with Crippen molar-refractivity contribution in [2.45, 2.75) is 0 Å². The molecule has 1 aromatic rings. The third kappa shape index (κ3) is 3.28. The maximum atomic E-state index is 11.5. The topological polar surface area (TPSA) is 110 Å². The number of amides is 3. The molecule has 0 aromatic heterocycles. The van der Waals surface area contributed by atoms with Gasteiger partial charge in [0.05, 0.1) is 5.56 Å². The maximum Gasteiger partial charge on any atom is 0.363 e. The number of urea groups is 1. The molecule has 0 fully saturated rings. The average molecular weight is 238 g/mol. The number of primary amides is 1. The first-order valence-corrected chi connectivity index (χ1v) is 4.57. The van der Waals surface area contributed by atoms with Crippen LogP contribution in [0.4, 0.5) is 4.79 Å². The first-order chi connectivity index (χ1) is 8.06. The minimum atomic E-state index is -1.28. The molecular weight excluding hydrogens is 228 g/mol. The van der Waals surface area contributed by atoms with Crippen LogP contribution in [0.25, 0.3) is 0 Å². The van der Waals surface area contributed by atoms with Crippen LogP contribution in [0.2, 0.25) is 0 Å². The number of nitrogens with two attached hydrogens (primary N) is 1. The van der Waals surface area contributed by atoms with E-state index < -0.39 is 24.5 Å². The van der Waals surface area contributed by atoms with Crippen LogP contribution in [-0.2, 0) is 9.63 Å². The summed E-state index contributed by atoms with van der Waals surface area (Å²) in [4.78, 5) is 37.8. The van der Waals surface area contributed by atoms with Crippen molar-refractivity contribution in [1.29, 1.82) is 0 Å². The molecule has 0 radical (unpaired) electrons. The van der Waals surface area contributed by atoms with Crippen molar-refractivity contribution in [3.8, 4) is 0 Å². The average Bonchev–Trinajstić information content (AvgIpc) is 2.35. The van der Waals surface area contributed by atoms with Gasteiger partial charge in [0.1, 0.15) is 6.61 Å². The second-order valence-electron chi connectivity index (χ2n) is 2.93. The van der Waals surface area contributed by atoms with E-state index in [1.165, 1.54) is 12.1 Å². The van der Waals surface area contributed by atoms with E-state index in [9.17, 15) is 14.4 Å². The third-order valence-corrected chi connectivity index (χ3v) is 1.75. The Morgan fingerprint density at radius 3 is 2.29 bits per heavy atom. The van der Waals surface area contributed by atoms with Crippen molar-refractivity contribution < 1.29 is 24.3 Å². The predicted octanol–water partition coefficient (Wildman–Crippen LogP) is -0.342. The molecule has 0 aliphatic carbocycles. The van der Waals surface area contributed by atoms with E-state index in [0.717, 1.165) is 0 Å². The summed E-state index contributed by atoms with van der Waals surface area (Å²) in [5.74, 6) is -2.05. The van der Waals surface area contributed by atoms with Gasteiger partial charge in [-0.1, -0.05) is 23.3 Å². The molecule has 1 aromatic carbocycles. The number of aliphatic hydroxyl groups excluding tert-OH is 1. The van der Waals surface area contributed by atoms with E-state index in [4.69, 9.17) is 10.8 Å². The van der Waals surface area contributed by atoms with Crippen molar-refractivity contribution in [2.75, 3.05) is 6.61 Å². The molecule has 0 atom stereocenters. The Morgan fingerprint density at radius 2 is 1.82 bits per heavy atom. The molecule has 0 aliphatic rings. The fourth-order valence-electron chi connectivity index (χ4n) is 0.993. The number of rotatable bonds is 2. The predicted molar refractivity (Wildman–Crippen MR) is 55.4 cm³/mol. The van der Waals surface area contributed by atoms with Gasteiger partial charge in [-0.3, -0.25) is 4.79 Å². The molecule has 3 amide bonds. The quantitative estimate of drug-likeness (QED) is 0.685. The maximum absolute atomic E-state index is 11.5. The molecule has 3 N–H and O–H groups in total. The van der Waals surface area contributed by atoms with Gasteiger partial charge in [-0.25, -0.2) is 9.59 Å². The first-order valence-electron chi connectivity index (χ1n) is 4.57. The molecule has 0 spiro atoms. The van der Waals surface area contributed by atoms with E-state index in [1.807, 2.05) is 0 Å². The minimum absolute atomic E-state index is 0.00926. The summed E-state index contributed by atoms with van der Waals surface area (Å²) < 4.78 is 0. The number of hydrogen-bond acceptors (Lipinski definition) is 5. The molecule has 1 rings (SSSR count). The summed E-state index contributed by atoms with van der Waals surface area (Å²) in [5, 5.41) is 8.56. The van der Waals surface area contributed by atoms with Crippen molar-refractivity contribution >= 4 is 17.9 Å². The lowest BCUT2D eigenvalue weighted by Gasteiger charge is -2.15. The lowest BCUT2D eigenvalue weighted by Crippen LogP contribution is -2.43. The minimum Gasteiger partial charge on any atom is -0.386 e. The van der Waals surface area contributed by atoms with Crippen molar-refractivity contribution in [3.63, 3.8) is 0 Å². The zero-order valence-corrected chi connectivity index (χ0v) is 8.70. The Labute approximate surface area is 96.3 Å². The van der Waals surface area contributed by atoms with E-state index in [1.54, 1.807) is 18.2 Å². The fraction of sp³-hybridized carbons (Fsp3) is 0.100. The number of aliphatic hydroxyl groups is 1. The Kier molecular flexibility index (Phi) is 4.18. The lowest BCUT2D eigenvalue weighted by molar-refractivity contribution is -0.157. The molecule has 0 bridgehead atoms. The number of hydrogen-bond donors (Lipinski definition) is 2.